The number of carbonyl (C=O) groups is 2. The fraction of sp³-hybridized carbons (Fsp3) is 0.333. The Bertz CT molecular complexity index is 746. The van der Waals surface area contributed by atoms with E-state index in [2.05, 4.69) is 5.32 Å². The second kappa shape index (κ2) is 8.61. The summed E-state index contributed by atoms with van der Waals surface area (Å²) in [5.74, 6) is -0.503. The maximum atomic E-state index is 12.9. The van der Waals surface area contributed by atoms with Gasteiger partial charge in [-0.15, -0.1) is 0 Å². The maximum absolute atomic E-state index is 12.9. The van der Waals surface area contributed by atoms with E-state index in [9.17, 15) is 14.0 Å². The molecule has 0 aromatic heterocycles. The van der Waals surface area contributed by atoms with E-state index in [1.165, 1.54) is 24.3 Å². The van der Waals surface area contributed by atoms with Crippen molar-refractivity contribution in [3.63, 3.8) is 0 Å². The average Bonchev–Trinajstić information content (AvgIpc) is 2.67. The minimum Gasteiger partial charge on any atom is -0.381 e. The van der Waals surface area contributed by atoms with Gasteiger partial charge in [-0.25, -0.2) is 4.39 Å². The molecule has 1 aliphatic rings. The number of piperidine rings is 1. The van der Waals surface area contributed by atoms with Crippen LogP contribution in [0.4, 0.5) is 10.1 Å². The number of rotatable bonds is 6. The first-order valence-electron chi connectivity index (χ1n) is 9.00. The first-order valence-corrected chi connectivity index (χ1v) is 9.00. The van der Waals surface area contributed by atoms with Crippen LogP contribution >= 0.6 is 0 Å². The molecule has 1 atom stereocenters. The number of nitrogens with one attached hydrogen (secondary N) is 1. The number of ketones is 1. The van der Waals surface area contributed by atoms with Crippen molar-refractivity contribution in [2.24, 2.45) is 0 Å². The van der Waals surface area contributed by atoms with Crippen LogP contribution < -0.4 is 5.32 Å². The highest BCUT2D eigenvalue weighted by atomic mass is 19.1. The van der Waals surface area contributed by atoms with E-state index < -0.39 is 0 Å². The number of nitrogens with zero attached hydrogens (tertiary/aromatic N) is 1. The van der Waals surface area contributed by atoms with Crippen LogP contribution in [0.5, 0.6) is 0 Å². The van der Waals surface area contributed by atoms with Crippen LogP contribution in [-0.4, -0.2) is 35.7 Å². The van der Waals surface area contributed by atoms with Crippen LogP contribution in [0.15, 0.2) is 54.6 Å². The zero-order chi connectivity index (χ0) is 18.4. The summed E-state index contributed by atoms with van der Waals surface area (Å²) >= 11 is 0. The topological polar surface area (TPSA) is 49.4 Å². The van der Waals surface area contributed by atoms with E-state index in [-0.39, 0.29) is 36.4 Å². The highest BCUT2D eigenvalue weighted by Crippen LogP contribution is 2.17. The Morgan fingerprint density at radius 3 is 2.50 bits per heavy atom. The summed E-state index contributed by atoms with van der Waals surface area (Å²) < 4.78 is 12.9. The molecule has 0 spiro atoms. The largest absolute Gasteiger partial charge is 0.381 e. The van der Waals surface area contributed by atoms with Gasteiger partial charge < -0.3 is 10.2 Å². The molecule has 2 aromatic carbocycles. The molecule has 2 aromatic rings. The lowest BCUT2D eigenvalue weighted by Gasteiger charge is -2.33. The van der Waals surface area contributed by atoms with Gasteiger partial charge in [0.1, 0.15) is 5.82 Å². The molecule has 0 radical (unpaired) electrons. The summed E-state index contributed by atoms with van der Waals surface area (Å²) in [6.45, 7) is 1.38. The zero-order valence-electron chi connectivity index (χ0n) is 14.7. The van der Waals surface area contributed by atoms with Gasteiger partial charge in [-0.3, -0.25) is 9.59 Å². The Kier molecular flexibility index (Phi) is 6.00. The van der Waals surface area contributed by atoms with Crippen LogP contribution in [0.3, 0.4) is 0 Å². The number of hydrogen-bond donors (Lipinski definition) is 1. The van der Waals surface area contributed by atoms with Crippen molar-refractivity contribution in [3.05, 3.63) is 66.0 Å². The predicted octanol–water partition coefficient (Wildman–Crippen LogP) is 3.89. The number of amides is 1. The average molecular weight is 354 g/mol. The highest BCUT2D eigenvalue weighted by molar-refractivity contribution is 5.97. The fourth-order valence-electron chi connectivity index (χ4n) is 3.25. The normalized spacial score (nSPS) is 17.0. The van der Waals surface area contributed by atoms with E-state index in [0.717, 1.165) is 25.1 Å². The molecule has 1 fully saturated rings. The molecule has 1 aliphatic heterocycles. The standard InChI is InChI=1S/C21H23FN2O2/c22-17-10-8-16(9-11-17)20(25)12-13-21(26)24-14-4-7-19(15-24)23-18-5-2-1-3-6-18/h1-3,5-6,8-11,19,23H,4,7,12-15H2/t19-/m1/s1. The molecule has 1 amide bonds. The van der Waals surface area contributed by atoms with Crippen molar-refractivity contribution in [2.45, 2.75) is 31.7 Å². The third kappa shape index (κ3) is 4.91. The molecule has 0 saturated carbocycles. The third-order valence-electron chi connectivity index (χ3n) is 4.65. The molecule has 136 valence electrons. The van der Waals surface area contributed by atoms with E-state index in [1.807, 2.05) is 35.2 Å². The number of hydrogen-bond acceptors (Lipinski definition) is 3. The molecule has 0 aliphatic carbocycles. The lowest BCUT2D eigenvalue weighted by atomic mass is 10.0. The van der Waals surface area contributed by atoms with Crippen LogP contribution in [-0.2, 0) is 4.79 Å². The number of benzene rings is 2. The molecule has 5 heteroatoms. The summed E-state index contributed by atoms with van der Waals surface area (Å²) in [5.41, 5.74) is 1.50. The van der Waals surface area contributed by atoms with Crippen molar-refractivity contribution in [3.8, 4) is 0 Å². The Morgan fingerprint density at radius 2 is 1.77 bits per heavy atom. The van der Waals surface area contributed by atoms with Crippen LogP contribution in [0.1, 0.15) is 36.0 Å². The van der Waals surface area contributed by atoms with Crippen LogP contribution in [0, 0.1) is 5.82 Å². The van der Waals surface area contributed by atoms with Gasteiger partial charge in [-0.2, -0.15) is 0 Å². The number of Topliss-reactive ketones (excluding diaryl/α,β-unsaturated/α-hetero) is 1. The number of halogens is 1. The monoisotopic (exact) mass is 354 g/mol. The summed E-state index contributed by atoms with van der Waals surface area (Å²) in [6.07, 6.45) is 2.31. The van der Waals surface area contributed by atoms with Crippen molar-refractivity contribution in [1.29, 1.82) is 0 Å². The second-order valence-corrected chi connectivity index (χ2v) is 6.62. The van der Waals surface area contributed by atoms with E-state index in [1.54, 1.807) is 0 Å². The number of carbonyl (C=O) groups excluding carboxylic acids is 2. The summed E-state index contributed by atoms with van der Waals surface area (Å²) in [7, 11) is 0. The molecule has 1 N–H and O–H groups in total. The predicted molar refractivity (Wildman–Crippen MR) is 99.6 cm³/mol. The van der Waals surface area contributed by atoms with Gasteiger partial charge in [-0.1, -0.05) is 18.2 Å². The molecular weight excluding hydrogens is 331 g/mol. The SMILES string of the molecule is O=C(CCC(=O)N1CCC[C@@H](Nc2ccccc2)C1)c1ccc(F)cc1. The van der Waals surface area contributed by atoms with E-state index in [0.29, 0.717) is 12.1 Å². The van der Waals surface area contributed by atoms with Crippen molar-refractivity contribution in [1.82, 2.24) is 4.90 Å². The minimum absolute atomic E-state index is 0.0000216. The summed E-state index contributed by atoms with van der Waals surface area (Å²) in [4.78, 5) is 26.5. The Labute approximate surface area is 153 Å². The minimum atomic E-state index is -0.372. The molecule has 3 rings (SSSR count). The van der Waals surface area contributed by atoms with Crippen molar-refractivity contribution >= 4 is 17.4 Å². The molecule has 0 unspecified atom stereocenters. The molecule has 1 saturated heterocycles. The summed E-state index contributed by atoms with van der Waals surface area (Å²) in [6, 6.07) is 15.6. The highest BCUT2D eigenvalue weighted by Gasteiger charge is 2.24. The molecule has 1 heterocycles. The van der Waals surface area contributed by atoms with Gasteiger partial charge in [0.15, 0.2) is 5.78 Å². The van der Waals surface area contributed by atoms with Gasteiger partial charge in [-0.05, 0) is 49.2 Å². The smallest absolute Gasteiger partial charge is 0.223 e. The Balaban J connectivity index is 1.49. The van der Waals surface area contributed by atoms with Gasteiger partial charge in [0, 0.05) is 43.2 Å². The Morgan fingerprint density at radius 1 is 1.04 bits per heavy atom. The van der Waals surface area contributed by atoms with E-state index in [4.69, 9.17) is 0 Å². The second-order valence-electron chi connectivity index (χ2n) is 6.62. The zero-order valence-corrected chi connectivity index (χ0v) is 14.7. The maximum Gasteiger partial charge on any atom is 0.223 e. The van der Waals surface area contributed by atoms with E-state index >= 15 is 0 Å². The molecule has 0 bridgehead atoms. The van der Waals surface area contributed by atoms with Crippen LogP contribution in [0.2, 0.25) is 0 Å². The first-order chi connectivity index (χ1) is 12.6. The number of likely N-dealkylation sites (tertiary alicyclic amines) is 1. The van der Waals surface area contributed by atoms with Gasteiger partial charge in [0.25, 0.3) is 0 Å². The fourth-order valence-corrected chi connectivity index (χ4v) is 3.25. The van der Waals surface area contributed by atoms with Crippen molar-refractivity contribution in [2.75, 3.05) is 18.4 Å². The lowest BCUT2D eigenvalue weighted by Crippen LogP contribution is -2.45. The Hall–Kier alpha value is -2.69. The molecular formula is C21H23FN2O2. The number of anilines is 1. The molecule has 26 heavy (non-hydrogen) atoms. The van der Waals surface area contributed by atoms with Crippen LogP contribution in [0.25, 0.3) is 0 Å². The number of para-hydroxylation sites is 1. The quantitative estimate of drug-likeness (QED) is 0.801. The van der Waals surface area contributed by atoms with Gasteiger partial charge in [0.05, 0.1) is 0 Å². The third-order valence-corrected chi connectivity index (χ3v) is 4.65. The van der Waals surface area contributed by atoms with Gasteiger partial charge in [0.2, 0.25) is 5.91 Å². The molecule has 4 nitrogen and oxygen atoms in total. The lowest BCUT2D eigenvalue weighted by molar-refractivity contribution is -0.132. The van der Waals surface area contributed by atoms with Gasteiger partial charge >= 0.3 is 0 Å². The summed E-state index contributed by atoms with van der Waals surface area (Å²) in [5, 5.41) is 3.47. The first kappa shape index (κ1) is 18.1. The van der Waals surface area contributed by atoms with Crippen molar-refractivity contribution < 1.29 is 14.0 Å².